The van der Waals surface area contributed by atoms with Gasteiger partial charge in [0.2, 0.25) is 0 Å². The third-order valence-electron chi connectivity index (χ3n) is 2.28. The molecule has 0 aliphatic carbocycles. The number of hydrogen-bond acceptors (Lipinski definition) is 3. The van der Waals surface area contributed by atoms with Crippen LogP contribution in [0.2, 0.25) is 0 Å². The van der Waals surface area contributed by atoms with E-state index in [4.69, 9.17) is 4.74 Å². The number of nitrogens with one attached hydrogen (secondary N) is 1. The van der Waals surface area contributed by atoms with Gasteiger partial charge in [0.25, 0.3) is 5.91 Å². The standard InChI is InChI=1S/C12H11NO3/c1-8(14)16-7-6-10-9-4-2-3-5-11(9)13-12(10)15/h2-6H,7H2,1H3,(H,13,15). The van der Waals surface area contributed by atoms with Crippen LogP contribution in [0.5, 0.6) is 0 Å². The molecule has 1 aliphatic heterocycles. The number of amides is 1. The monoisotopic (exact) mass is 217 g/mol. The molecule has 0 atom stereocenters. The second-order valence-corrected chi connectivity index (χ2v) is 3.42. The first-order valence-corrected chi connectivity index (χ1v) is 4.93. The van der Waals surface area contributed by atoms with E-state index in [2.05, 4.69) is 5.32 Å². The highest BCUT2D eigenvalue weighted by molar-refractivity contribution is 6.31. The van der Waals surface area contributed by atoms with Gasteiger partial charge < -0.3 is 10.1 Å². The van der Waals surface area contributed by atoms with Crippen LogP contribution in [0.25, 0.3) is 5.57 Å². The number of para-hydroxylation sites is 1. The molecule has 16 heavy (non-hydrogen) atoms. The molecule has 0 saturated carbocycles. The molecule has 0 saturated heterocycles. The van der Waals surface area contributed by atoms with Crippen LogP contribution < -0.4 is 5.32 Å². The maximum atomic E-state index is 11.6. The molecule has 0 aromatic heterocycles. The predicted molar refractivity (Wildman–Crippen MR) is 59.7 cm³/mol. The highest BCUT2D eigenvalue weighted by atomic mass is 16.5. The van der Waals surface area contributed by atoms with E-state index < -0.39 is 0 Å². The fraction of sp³-hybridized carbons (Fsp3) is 0.167. The number of fused-ring (bicyclic) bond motifs is 1. The fourth-order valence-electron chi connectivity index (χ4n) is 1.58. The summed E-state index contributed by atoms with van der Waals surface area (Å²) in [5.41, 5.74) is 2.19. The Hall–Kier alpha value is -2.10. The normalized spacial score (nSPS) is 15.8. The first-order chi connectivity index (χ1) is 7.68. The van der Waals surface area contributed by atoms with Crippen LogP contribution in [0.15, 0.2) is 30.3 Å². The molecule has 0 fully saturated rings. The molecule has 0 bridgehead atoms. The Bertz CT molecular complexity index is 477. The van der Waals surface area contributed by atoms with Gasteiger partial charge in [-0.25, -0.2) is 0 Å². The number of carbonyl (C=O) groups excluding carboxylic acids is 2. The number of ether oxygens (including phenoxy) is 1. The molecular formula is C12H11NO3. The number of carbonyl (C=O) groups is 2. The van der Waals surface area contributed by atoms with Crippen LogP contribution >= 0.6 is 0 Å². The Kier molecular flexibility index (Phi) is 2.72. The Morgan fingerprint density at radius 1 is 1.44 bits per heavy atom. The number of anilines is 1. The van der Waals surface area contributed by atoms with Crippen molar-refractivity contribution in [3.63, 3.8) is 0 Å². The van der Waals surface area contributed by atoms with Crippen molar-refractivity contribution in [1.82, 2.24) is 0 Å². The number of rotatable bonds is 2. The van der Waals surface area contributed by atoms with Gasteiger partial charge >= 0.3 is 5.97 Å². The largest absolute Gasteiger partial charge is 0.462 e. The molecular weight excluding hydrogens is 206 g/mol. The van der Waals surface area contributed by atoms with E-state index in [-0.39, 0.29) is 18.5 Å². The van der Waals surface area contributed by atoms with Crippen molar-refractivity contribution >= 4 is 23.1 Å². The molecule has 1 aromatic rings. The van der Waals surface area contributed by atoms with E-state index in [1.54, 1.807) is 6.08 Å². The van der Waals surface area contributed by atoms with Crippen molar-refractivity contribution in [3.8, 4) is 0 Å². The first kappa shape index (κ1) is 10.4. The van der Waals surface area contributed by atoms with Crippen LogP contribution in [0, 0.1) is 0 Å². The van der Waals surface area contributed by atoms with Crippen molar-refractivity contribution in [1.29, 1.82) is 0 Å². The van der Waals surface area contributed by atoms with Crippen LogP contribution in [0.4, 0.5) is 5.69 Å². The average Bonchev–Trinajstić information content (AvgIpc) is 2.55. The number of esters is 1. The molecule has 1 aromatic carbocycles. The summed E-state index contributed by atoms with van der Waals surface area (Å²) < 4.78 is 4.77. The summed E-state index contributed by atoms with van der Waals surface area (Å²) in [6.07, 6.45) is 1.61. The van der Waals surface area contributed by atoms with Crippen molar-refractivity contribution in [3.05, 3.63) is 35.9 Å². The molecule has 82 valence electrons. The second-order valence-electron chi connectivity index (χ2n) is 3.42. The quantitative estimate of drug-likeness (QED) is 0.604. The molecule has 1 heterocycles. The minimum Gasteiger partial charge on any atom is -0.462 e. The maximum absolute atomic E-state index is 11.6. The molecule has 1 aliphatic rings. The lowest BCUT2D eigenvalue weighted by Crippen LogP contribution is -2.05. The number of hydrogen-bond donors (Lipinski definition) is 1. The molecule has 4 heteroatoms. The fourth-order valence-corrected chi connectivity index (χ4v) is 1.58. The third-order valence-corrected chi connectivity index (χ3v) is 2.28. The molecule has 0 radical (unpaired) electrons. The van der Waals surface area contributed by atoms with E-state index in [1.807, 2.05) is 24.3 Å². The van der Waals surface area contributed by atoms with Gasteiger partial charge in [0.05, 0.1) is 0 Å². The molecule has 0 unspecified atom stereocenters. The zero-order valence-corrected chi connectivity index (χ0v) is 8.82. The van der Waals surface area contributed by atoms with E-state index in [9.17, 15) is 9.59 Å². The maximum Gasteiger partial charge on any atom is 0.302 e. The summed E-state index contributed by atoms with van der Waals surface area (Å²) >= 11 is 0. The van der Waals surface area contributed by atoms with Gasteiger partial charge in [-0.2, -0.15) is 0 Å². The van der Waals surface area contributed by atoms with Gasteiger partial charge in [0.1, 0.15) is 6.61 Å². The van der Waals surface area contributed by atoms with Crippen LogP contribution in [-0.4, -0.2) is 18.5 Å². The van der Waals surface area contributed by atoms with Gasteiger partial charge in [0.15, 0.2) is 0 Å². The highest BCUT2D eigenvalue weighted by Crippen LogP contribution is 2.30. The highest BCUT2D eigenvalue weighted by Gasteiger charge is 2.22. The van der Waals surface area contributed by atoms with Crippen molar-refractivity contribution in [2.75, 3.05) is 11.9 Å². The van der Waals surface area contributed by atoms with Crippen molar-refractivity contribution < 1.29 is 14.3 Å². The van der Waals surface area contributed by atoms with Gasteiger partial charge in [-0.15, -0.1) is 0 Å². The average molecular weight is 217 g/mol. The minimum atomic E-state index is -0.358. The predicted octanol–water partition coefficient (Wildman–Crippen LogP) is 1.59. The molecule has 4 nitrogen and oxygen atoms in total. The topological polar surface area (TPSA) is 55.4 Å². The Morgan fingerprint density at radius 3 is 2.94 bits per heavy atom. The SMILES string of the molecule is CC(=O)OCC=C1C(=O)Nc2ccccc21. The lowest BCUT2D eigenvalue weighted by atomic mass is 10.1. The van der Waals surface area contributed by atoms with Gasteiger partial charge in [-0.3, -0.25) is 9.59 Å². The summed E-state index contributed by atoms with van der Waals surface area (Å²) in [5, 5.41) is 2.74. The molecule has 0 spiro atoms. The van der Waals surface area contributed by atoms with E-state index in [0.717, 1.165) is 11.3 Å². The lowest BCUT2D eigenvalue weighted by Gasteiger charge is -1.98. The molecule has 2 rings (SSSR count). The van der Waals surface area contributed by atoms with Crippen LogP contribution in [-0.2, 0) is 14.3 Å². The Labute approximate surface area is 92.9 Å². The third kappa shape index (κ3) is 1.95. The summed E-state index contributed by atoms with van der Waals surface area (Å²) in [7, 11) is 0. The van der Waals surface area contributed by atoms with Crippen molar-refractivity contribution in [2.45, 2.75) is 6.92 Å². The molecule has 1 N–H and O–H groups in total. The van der Waals surface area contributed by atoms with Crippen LogP contribution in [0.1, 0.15) is 12.5 Å². The Balaban J connectivity index is 2.22. The van der Waals surface area contributed by atoms with E-state index in [0.29, 0.717) is 5.57 Å². The lowest BCUT2D eigenvalue weighted by molar-refractivity contribution is -0.139. The Morgan fingerprint density at radius 2 is 2.19 bits per heavy atom. The van der Waals surface area contributed by atoms with Crippen LogP contribution in [0.3, 0.4) is 0 Å². The summed E-state index contributed by atoms with van der Waals surface area (Å²) in [6.45, 7) is 1.45. The van der Waals surface area contributed by atoms with Crippen molar-refractivity contribution in [2.24, 2.45) is 0 Å². The van der Waals surface area contributed by atoms with Gasteiger partial charge in [-0.05, 0) is 12.1 Å². The summed E-state index contributed by atoms with van der Waals surface area (Å²) in [6, 6.07) is 7.40. The first-order valence-electron chi connectivity index (χ1n) is 4.93. The zero-order valence-electron chi connectivity index (χ0n) is 8.82. The minimum absolute atomic E-state index is 0.117. The zero-order chi connectivity index (χ0) is 11.5. The number of benzene rings is 1. The molecule has 1 amide bonds. The summed E-state index contributed by atoms with van der Waals surface area (Å²) in [4.78, 5) is 22.2. The summed E-state index contributed by atoms with van der Waals surface area (Å²) in [5.74, 6) is -0.517. The van der Waals surface area contributed by atoms with Gasteiger partial charge in [0, 0.05) is 23.7 Å². The smallest absolute Gasteiger partial charge is 0.302 e. The second kappa shape index (κ2) is 4.18. The van der Waals surface area contributed by atoms with E-state index in [1.165, 1.54) is 6.92 Å². The van der Waals surface area contributed by atoms with E-state index >= 15 is 0 Å². The van der Waals surface area contributed by atoms with Gasteiger partial charge in [-0.1, -0.05) is 18.2 Å².